The number of rotatable bonds is 6. The van der Waals surface area contributed by atoms with E-state index in [0.29, 0.717) is 6.54 Å². The zero-order chi connectivity index (χ0) is 14.2. The lowest BCUT2D eigenvalue weighted by Gasteiger charge is -2.21. The fourth-order valence-electron chi connectivity index (χ4n) is 2.89. The van der Waals surface area contributed by atoms with Crippen molar-refractivity contribution in [3.05, 3.63) is 29.8 Å². The van der Waals surface area contributed by atoms with Crippen molar-refractivity contribution in [3.8, 4) is 0 Å². The van der Waals surface area contributed by atoms with Gasteiger partial charge in [0.2, 0.25) is 5.91 Å². The van der Waals surface area contributed by atoms with Crippen LogP contribution in [0.1, 0.15) is 44.1 Å². The van der Waals surface area contributed by atoms with Gasteiger partial charge in [-0.3, -0.25) is 4.79 Å². The van der Waals surface area contributed by atoms with E-state index < -0.39 is 0 Å². The maximum Gasteiger partial charge on any atom is 0.238 e. The van der Waals surface area contributed by atoms with E-state index >= 15 is 0 Å². The lowest BCUT2D eigenvalue weighted by molar-refractivity contribution is -0.115. The highest BCUT2D eigenvalue weighted by molar-refractivity contribution is 5.92. The van der Waals surface area contributed by atoms with E-state index in [1.54, 1.807) is 0 Å². The number of anilines is 1. The van der Waals surface area contributed by atoms with E-state index in [9.17, 15) is 4.79 Å². The summed E-state index contributed by atoms with van der Waals surface area (Å²) in [5.41, 5.74) is 2.01. The predicted octanol–water partition coefficient (Wildman–Crippen LogP) is 3.49. The Morgan fingerprint density at radius 1 is 1.20 bits per heavy atom. The smallest absolute Gasteiger partial charge is 0.238 e. The molecule has 1 aromatic rings. The molecule has 1 fully saturated rings. The van der Waals surface area contributed by atoms with Crippen LogP contribution in [0, 0.1) is 12.8 Å². The Morgan fingerprint density at radius 2 is 1.95 bits per heavy atom. The summed E-state index contributed by atoms with van der Waals surface area (Å²) in [5, 5.41) is 6.21. The number of carbonyl (C=O) groups is 1. The molecule has 3 heteroatoms. The highest BCUT2D eigenvalue weighted by Gasteiger charge is 2.12. The van der Waals surface area contributed by atoms with E-state index in [-0.39, 0.29) is 5.91 Å². The van der Waals surface area contributed by atoms with Crippen molar-refractivity contribution in [3.63, 3.8) is 0 Å². The second-order valence-electron chi connectivity index (χ2n) is 5.83. The summed E-state index contributed by atoms with van der Waals surface area (Å²) in [4.78, 5) is 11.8. The van der Waals surface area contributed by atoms with Crippen LogP contribution in [0.2, 0.25) is 0 Å². The second kappa shape index (κ2) is 8.05. The number of amides is 1. The fourth-order valence-corrected chi connectivity index (χ4v) is 2.89. The minimum atomic E-state index is 0.0444. The van der Waals surface area contributed by atoms with Gasteiger partial charge < -0.3 is 10.6 Å². The SMILES string of the molecule is Cc1ccccc1NC(=O)CNCCC1CCCCC1. The number of benzene rings is 1. The zero-order valence-electron chi connectivity index (χ0n) is 12.5. The van der Waals surface area contributed by atoms with Crippen LogP contribution < -0.4 is 10.6 Å². The molecule has 0 heterocycles. The summed E-state index contributed by atoms with van der Waals surface area (Å²) >= 11 is 0. The lowest BCUT2D eigenvalue weighted by Crippen LogP contribution is -2.30. The third-order valence-corrected chi connectivity index (χ3v) is 4.16. The first-order valence-electron chi connectivity index (χ1n) is 7.82. The molecule has 1 aliphatic rings. The van der Waals surface area contributed by atoms with E-state index in [1.165, 1.54) is 38.5 Å². The minimum Gasteiger partial charge on any atom is -0.325 e. The number of carbonyl (C=O) groups excluding carboxylic acids is 1. The molecule has 0 unspecified atom stereocenters. The average molecular weight is 274 g/mol. The van der Waals surface area contributed by atoms with Crippen LogP contribution in [-0.4, -0.2) is 19.0 Å². The van der Waals surface area contributed by atoms with Gasteiger partial charge in [-0.25, -0.2) is 0 Å². The predicted molar refractivity (Wildman–Crippen MR) is 83.9 cm³/mol. The lowest BCUT2D eigenvalue weighted by atomic mass is 9.87. The molecule has 110 valence electrons. The molecule has 0 atom stereocenters. The Hall–Kier alpha value is -1.35. The van der Waals surface area contributed by atoms with Crippen LogP contribution in [0.25, 0.3) is 0 Å². The summed E-state index contributed by atoms with van der Waals surface area (Å²) in [5.74, 6) is 0.915. The molecule has 0 aliphatic heterocycles. The van der Waals surface area contributed by atoms with Gasteiger partial charge in [-0.15, -0.1) is 0 Å². The van der Waals surface area contributed by atoms with Gasteiger partial charge in [0.25, 0.3) is 0 Å². The number of hydrogen-bond donors (Lipinski definition) is 2. The van der Waals surface area contributed by atoms with Gasteiger partial charge in [0.15, 0.2) is 0 Å². The molecule has 2 N–H and O–H groups in total. The summed E-state index contributed by atoms with van der Waals surface area (Å²) < 4.78 is 0. The van der Waals surface area contributed by atoms with Gasteiger partial charge in [0.05, 0.1) is 6.54 Å². The zero-order valence-corrected chi connectivity index (χ0v) is 12.5. The molecule has 0 radical (unpaired) electrons. The van der Waals surface area contributed by atoms with Crippen molar-refractivity contribution in [2.45, 2.75) is 45.4 Å². The largest absolute Gasteiger partial charge is 0.325 e. The molecule has 3 nitrogen and oxygen atoms in total. The third-order valence-electron chi connectivity index (χ3n) is 4.16. The van der Waals surface area contributed by atoms with Crippen molar-refractivity contribution in [1.29, 1.82) is 0 Å². The van der Waals surface area contributed by atoms with Crippen molar-refractivity contribution >= 4 is 11.6 Å². The Bertz CT molecular complexity index is 425. The molecule has 0 bridgehead atoms. The molecule has 1 aromatic carbocycles. The van der Waals surface area contributed by atoms with Crippen molar-refractivity contribution < 1.29 is 4.79 Å². The normalized spacial score (nSPS) is 16.1. The number of para-hydroxylation sites is 1. The maximum atomic E-state index is 11.8. The van der Waals surface area contributed by atoms with Crippen LogP contribution in [-0.2, 0) is 4.79 Å². The highest BCUT2D eigenvalue weighted by atomic mass is 16.1. The molecule has 1 saturated carbocycles. The van der Waals surface area contributed by atoms with Crippen LogP contribution in [0.4, 0.5) is 5.69 Å². The summed E-state index contributed by atoms with van der Waals surface area (Å²) in [7, 11) is 0. The standard InChI is InChI=1S/C17H26N2O/c1-14-7-5-6-10-16(14)19-17(20)13-18-12-11-15-8-3-2-4-9-15/h5-7,10,15,18H,2-4,8-9,11-13H2,1H3,(H,19,20). The van der Waals surface area contributed by atoms with Gasteiger partial charge in [-0.2, -0.15) is 0 Å². The molecule has 2 rings (SSSR count). The maximum absolute atomic E-state index is 11.8. The number of aryl methyl sites for hydroxylation is 1. The Balaban J connectivity index is 1.61. The minimum absolute atomic E-state index is 0.0444. The quantitative estimate of drug-likeness (QED) is 0.780. The molecule has 0 spiro atoms. The van der Waals surface area contributed by atoms with E-state index in [4.69, 9.17) is 0 Å². The van der Waals surface area contributed by atoms with Crippen molar-refractivity contribution in [1.82, 2.24) is 5.32 Å². The van der Waals surface area contributed by atoms with Crippen LogP contribution in [0.3, 0.4) is 0 Å². The van der Waals surface area contributed by atoms with Gasteiger partial charge in [0, 0.05) is 5.69 Å². The van der Waals surface area contributed by atoms with Gasteiger partial charge in [0.1, 0.15) is 0 Å². The van der Waals surface area contributed by atoms with E-state index in [0.717, 1.165) is 23.7 Å². The fraction of sp³-hybridized carbons (Fsp3) is 0.588. The molecule has 20 heavy (non-hydrogen) atoms. The average Bonchev–Trinajstić information content (AvgIpc) is 2.47. The summed E-state index contributed by atoms with van der Waals surface area (Å²) in [6.45, 7) is 3.36. The molecule has 0 aromatic heterocycles. The first-order chi connectivity index (χ1) is 9.75. The first-order valence-corrected chi connectivity index (χ1v) is 7.82. The van der Waals surface area contributed by atoms with Gasteiger partial charge >= 0.3 is 0 Å². The van der Waals surface area contributed by atoms with Crippen molar-refractivity contribution in [2.75, 3.05) is 18.4 Å². The summed E-state index contributed by atoms with van der Waals surface area (Å²) in [6.07, 6.45) is 8.13. The van der Waals surface area contributed by atoms with Crippen molar-refractivity contribution in [2.24, 2.45) is 5.92 Å². The monoisotopic (exact) mass is 274 g/mol. The second-order valence-corrected chi connectivity index (χ2v) is 5.83. The van der Waals surface area contributed by atoms with Crippen LogP contribution >= 0.6 is 0 Å². The first kappa shape index (κ1) is 15.0. The molecular weight excluding hydrogens is 248 g/mol. The Kier molecular flexibility index (Phi) is 6.06. The molecule has 1 aliphatic carbocycles. The van der Waals surface area contributed by atoms with Gasteiger partial charge in [-0.05, 0) is 37.4 Å². The molecule has 0 saturated heterocycles. The van der Waals surface area contributed by atoms with Crippen LogP contribution in [0.5, 0.6) is 0 Å². The number of nitrogens with one attached hydrogen (secondary N) is 2. The Labute approximate surface area is 122 Å². The molecular formula is C17H26N2O. The topological polar surface area (TPSA) is 41.1 Å². The third kappa shape index (κ3) is 4.97. The van der Waals surface area contributed by atoms with Gasteiger partial charge in [-0.1, -0.05) is 50.3 Å². The van der Waals surface area contributed by atoms with E-state index in [1.807, 2.05) is 31.2 Å². The highest BCUT2D eigenvalue weighted by Crippen LogP contribution is 2.25. The Morgan fingerprint density at radius 3 is 2.70 bits per heavy atom. The summed E-state index contributed by atoms with van der Waals surface area (Å²) in [6, 6.07) is 7.87. The van der Waals surface area contributed by atoms with E-state index in [2.05, 4.69) is 10.6 Å². The molecule has 1 amide bonds. The number of hydrogen-bond acceptors (Lipinski definition) is 2. The van der Waals surface area contributed by atoms with Crippen LogP contribution in [0.15, 0.2) is 24.3 Å².